The molecule has 1 rings (SSSR count). The van der Waals surface area contributed by atoms with Crippen molar-refractivity contribution >= 4 is 12.0 Å². The van der Waals surface area contributed by atoms with Crippen LogP contribution in [0.2, 0.25) is 0 Å². The molecule has 0 aliphatic carbocycles. The van der Waals surface area contributed by atoms with Crippen LogP contribution in [-0.2, 0) is 0 Å². The Labute approximate surface area is 91.3 Å². The predicted octanol–water partition coefficient (Wildman–Crippen LogP) is 1.88. The van der Waals surface area contributed by atoms with Gasteiger partial charge in [0.2, 0.25) is 0 Å². The van der Waals surface area contributed by atoms with Gasteiger partial charge in [-0.3, -0.25) is 4.79 Å². The summed E-state index contributed by atoms with van der Waals surface area (Å²) in [5.41, 5.74) is -0.592. The van der Waals surface area contributed by atoms with E-state index in [2.05, 4.69) is 5.32 Å². The molecule has 0 unspecified atom stereocenters. The standard InChI is InChI=1S/C11H10F2N2O/c1-15-3-2-11(14)7-4-9(12)8(6-16)10(13)5-7/h2-6,14-15H,1H3/b3-2-,14-11?. The first-order valence-corrected chi connectivity index (χ1v) is 4.47. The number of aldehydes is 1. The first-order valence-electron chi connectivity index (χ1n) is 4.47. The lowest BCUT2D eigenvalue weighted by Crippen LogP contribution is -2.03. The molecular weight excluding hydrogens is 214 g/mol. The first-order chi connectivity index (χ1) is 7.60. The van der Waals surface area contributed by atoms with Crippen molar-refractivity contribution in [3.8, 4) is 0 Å². The highest BCUT2D eigenvalue weighted by molar-refractivity contribution is 6.06. The van der Waals surface area contributed by atoms with Crippen molar-refractivity contribution in [2.75, 3.05) is 7.05 Å². The highest BCUT2D eigenvalue weighted by Gasteiger charge is 2.11. The summed E-state index contributed by atoms with van der Waals surface area (Å²) in [6, 6.07) is 1.91. The van der Waals surface area contributed by atoms with Crippen LogP contribution in [0.15, 0.2) is 24.4 Å². The van der Waals surface area contributed by atoms with E-state index in [-0.39, 0.29) is 17.6 Å². The second kappa shape index (κ2) is 5.16. The van der Waals surface area contributed by atoms with Gasteiger partial charge in [-0.25, -0.2) is 8.78 Å². The number of carbonyl (C=O) groups is 1. The zero-order chi connectivity index (χ0) is 12.1. The Morgan fingerprint density at radius 2 is 1.94 bits per heavy atom. The minimum absolute atomic E-state index is 0.0513. The fourth-order valence-electron chi connectivity index (χ4n) is 1.12. The van der Waals surface area contributed by atoms with Gasteiger partial charge in [0.15, 0.2) is 6.29 Å². The van der Waals surface area contributed by atoms with Crippen LogP contribution in [0.25, 0.3) is 0 Å². The summed E-state index contributed by atoms with van der Waals surface area (Å²) >= 11 is 0. The largest absolute Gasteiger partial charge is 0.394 e. The average molecular weight is 224 g/mol. The van der Waals surface area contributed by atoms with Crippen LogP contribution in [0.5, 0.6) is 0 Å². The zero-order valence-corrected chi connectivity index (χ0v) is 8.55. The van der Waals surface area contributed by atoms with Gasteiger partial charge in [-0.15, -0.1) is 0 Å². The molecule has 0 saturated carbocycles. The van der Waals surface area contributed by atoms with Crippen LogP contribution in [0.3, 0.4) is 0 Å². The van der Waals surface area contributed by atoms with E-state index in [9.17, 15) is 13.6 Å². The van der Waals surface area contributed by atoms with Gasteiger partial charge in [-0.2, -0.15) is 0 Å². The molecule has 5 heteroatoms. The molecule has 0 atom stereocenters. The molecule has 0 spiro atoms. The van der Waals surface area contributed by atoms with Crippen LogP contribution < -0.4 is 5.32 Å². The third kappa shape index (κ3) is 2.50. The van der Waals surface area contributed by atoms with Gasteiger partial charge in [0, 0.05) is 12.6 Å². The van der Waals surface area contributed by atoms with E-state index in [1.807, 2.05) is 0 Å². The number of nitrogens with one attached hydrogen (secondary N) is 2. The summed E-state index contributed by atoms with van der Waals surface area (Å²) in [6.07, 6.45) is 2.93. The fraction of sp³-hybridized carbons (Fsp3) is 0.0909. The molecule has 0 aliphatic rings. The van der Waals surface area contributed by atoms with Crippen LogP contribution in [0.4, 0.5) is 8.78 Å². The minimum Gasteiger partial charge on any atom is -0.394 e. The molecule has 0 heterocycles. The maximum absolute atomic E-state index is 13.2. The molecular formula is C11H10F2N2O. The third-order valence-corrected chi connectivity index (χ3v) is 1.92. The van der Waals surface area contributed by atoms with E-state index in [1.165, 1.54) is 12.3 Å². The smallest absolute Gasteiger partial charge is 0.155 e. The number of benzene rings is 1. The van der Waals surface area contributed by atoms with Gasteiger partial charge in [-0.05, 0) is 24.4 Å². The van der Waals surface area contributed by atoms with Crippen LogP contribution in [-0.4, -0.2) is 19.0 Å². The van der Waals surface area contributed by atoms with E-state index in [0.29, 0.717) is 0 Å². The van der Waals surface area contributed by atoms with Crippen LogP contribution in [0.1, 0.15) is 15.9 Å². The lowest BCUT2D eigenvalue weighted by atomic mass is 10.1. The number of rotatable bonds is 4. The minimum atomic E-state index is -0.965. The Bertz CT molecular complexity index is 432. The van der Waals surface area contributed by atoms with Crippen molar-refractivity contribution in [1.82, 2.24) is 5.32 Å². The zero-order valence-electron chi connectivity index (χ0n) is 8.55. The van der Waals surface area contributed by atoms with Gasteiger partial charge < -0.3 is 10.7 Å². The molecule has 2 N–H and O–H groups in total. The summed E-state index contributed by atoms with van der Waals surface area (Å²) < 4.78 is 26.4. The molecule has 0 amide bonds. The van der Waals surface area contributed by atoms with Gasteiger partial charge in [0.05, 0.1) is 11.3 Å². The van der Waals surface area contributed by atoms with E-state index in [0.717, 1.165) is 12.1 Å². The van der Waals surface area contributed by atoms with E-state index in [4.69, 9.17) is 5.41 Å². The Balaban J connectivity index is 3.13. The van der Waals surface area contributed by atoms with Gasteiger partial charge in [0.1, 0.15) is 11.6 Å². The molecule has 1 aromatic carbocycles. The van der Waals surface area contributed by atoms with Crippen molar-refractivity contribution in [1.29, 1.82) is 5.41 Å². The number of halogens is 2. The lowest BCUT2D eigenvalue weighted by molar-refractivity contribution is 0.111. The summed E-state index contributed by atoms with van der Waals surface area (Å²) in [5, 5.41) is 10.2. The van der Waals surface area contributed by atoms with E-state index < -0.39 is 17.2 Å². The van der Waals surface area contributed by atoms with Gasteiger partial charge in [-0.1, -0.05) is 0 Å². The Kier molecular flexibility index (Phi) is 3.88. The molecule has 0 bridgehead atoms. The quantitative estimate of drug-likeness (QED) is 0.606. The van der Waals surface area contributed by atoms with Crippen molar-refractivity contribution < 1.29 is 13.6 Å². The Hall–Kier alpha value is -2.04. The highest BCUT2D eigenvalue weighted by atomic mass is 19.1. The molecule has 0 radical (unpaired) electrons. The maximum atomic E-state index is 13.2. The molecule has 0 aliphatic heterocycles. The van der Waals surface area contributed by atoms with Crippen molar-refractivity contribution in [2.45, 2.75) is 0 Å². The molecule has 1 aromatic rings. The van der Waals surface area contributed by atoms with Gasteiger partial charge >= 0.3 is 0 Å². The topological polar surface area (TPSA) is 53.0 Å². The summed E-state index contributed by atoms with van der Waals surface area (Å²) in [4.78, 5) is 10.3. The van der Waals surface area contributed by atoms with Gasteiger partial charge in [0.25, 0.3) is 0 Å². The normalized spacial score (nSPS) is 10.4. The second-order valence-electron chi connectivity index (χ2n) is 3.01. The number of hydrogen-bond donors (Lipinski definition) is 2. The molecule has 0 saturated heterocycles. The summed E-state index contributed by atoms with van der Waals surface area (Å²) in [6.45, 7) is 0. The summed E-state index contributed by atoms with van der Waals surface area (Å²) in [7, 11) is 1.64. The predicted molar refractivity (Wildman–Crippen MR) is 56.8 cm³/mol. The highest BCUT2D eigenvalue weighted by Crippen LogP contribution is 2.14. The van der Waals surface area contributed by atoms with E-state index >= 15 is 0 Å². The Morgan fingerprint density at radius 1 is 1.38 bits per heavy atom. The number of hydrogen-bond acceptors (Lipinski definition) is 3. The average Bonchev–Trinajstić information content (AvgIpc) is 2.25. The third-order valence-electron chi connectivity index (χ3n) is 1.92. The second-order valence-corrected chi connectivity index (χ2v) is 3.01. The first kappa shape index (κ1) is 12.0. The Morgan fingerprint density at radius 3 is 2.38 bits per heavy atom. The lowest BCUT2D eigenvalue weighted by Gasteiger charge is -2.02. The molecule has 84 valence electrons. The van der Waals surface area contributed by atoms with Crippen molar-refractivity contribution in [2.24, 2.45) is 0 Å². The van der Waals surface area contributed by atoms with Crippen molar-refractivity contribution in [3.63, 3.8) is 0 Å². The monoisotopic (exact) mass is 224 g/mol. The summed E-state index contributed by atoms with van der Waals surface area (Å²) in [5.74, 6) is -1.93. The maximum Gasteiger partial charge on any atom is 0.155 e. The SMILES string of the molecule is CN/C=C\C(=N)c1cc(F)c(C=O)c(F)c1. The number of carbonyl (C=O) groups excluding carboxylic acids is 1. The molecule has 3 nitrogen and oxygen atoms in total. The fourth-order valence-corrected chi connectivity index (χ4v) is 1.12. The van der Waals surface area contributed by atoms with Crippen LogP contribution in [0, 0.1) is 17.0 Å². The number of allylic oxidation sites excluding steroid dienone is 1. The van der Waals surface area contributed by atoms with Crippen molar-refractivity contribution in [3.05, 3.63) is 47.2 Å². The molecule has 0 aromatic heterocycles. The van der Waals surface area contributed by atoms with E-state index in [1.54, 1.807) is 7.05 Å². The molecule has 0 fully saturated rings. The molecule has 16 heavy (non-hydrogen) atoms. The van der Waals surface area contributed by atoms with Crippen LogP contribution >= 0.6 is 0 Å².